The summed E-state index contributed by atoms with van der Waals surface area (Å²) in [5, 5.41) is 0.554. The third kappa shape index (κ3) is 2.63. The van der Waals surface area contributed by atoms with Crippen LogP contribution in [0.1, 0.15) is 37.1 Å². The predicted octanol–water partition coefficient (Wildman–Crippen LogP) is 4.38. The Kier molecular flexibility index (Phi) is 3.62. The zero-order valence-electron chi connectivity index (χ0n) is 11.7. The Balaban J connectivity index is 2.06. The zero-order chi connectivity index (χ0) is 14.1. The number of hydrogen-bond acceptors (Lipinski definition) is 3. The van der Waals surface area contributed by atoms with Gasteiger partial charge < -0.3 is 4.74 Å². The van der Waals surface area contributed by atoms with E-state index in [4.69, 9.17) is 21.3 Å². The minimum Gasteiger partial charge on any atom is -0.494 e. The van der Waals surface area contributed by atoms with Crippen molar-refractivity contribution in [2.45, 2.75) is 32.6 Å². The Labute approximate surface area is 124 Å². The molecule has 1 saturated carbocycles. The molecular weight excluding hydrogens is 272 g/mol. The molecule has 0 unspecified atom stereocenters. The van der Waals surface area contributed by atoms with Gasteiger partial charge in [-0.25, -0.2) is 9.97 Å². The Bertz CT molecular complexity index is 638. The third-order valence-electron chi connectivity index (χ3n) is 3.46. The lowest BCUT2D eigenvalue weighted by Crippen LogP contribution is -2.00. The molecule has 1 heterocycles. The highest BCUT2D eigenvalue weighted by molar-refractivity contribution is 6.30. The first-order valence-corrected chi connectivity index (χ1v) is 7.34. The van der Waals surface area contributed by atoms with Gasteiger partial charge in [0.1, 0.15) is 16.7 Å². The van der Waals surface area contributed by atoms with E-state index in [-0.39, 0.29) is 0 Å². The number of hydrogen-bond donors (Lipinski definition) is 0. The Morgan fingerprint density at radius 2 is 2.10 bits per heavy atom. The topological polar surface area (TPSA) is 35.0 Å². The fourth-order valence-corrected chi connectivity index (χ4v) is 2.39. The van der Waals surface area contributed by atoms with Gasteiger partial charge in [0.15, 0.2) is 0 Å². The van der Waals surface area contributed by atoms with Crippen LogP contribution in [0, 0.1) is 6.92 Å². The van der Waals surface area contributed by atoms with Gasteiger partial charge in [-0.1, -0.05) is 23.7 Å². The van der Waals surface area contributed by atoms with Crippen molar-refractivity contribution in [3.8, 4) is 17.0 Å². The van der Waals surface area contributed by atoms with Gasteiger partial charge >= 0.3 is 0 Å². The lowest BCUT2D eigenvalue weighted by Gasteiger charge is -2.10. The summed E-state index contributed by atoms with van der Waals surface area (Å²) in [6.07, 6.45) is 2.33. The summed E-state index contributed by atoms with van der Waals surface area (Å²) in [4.78, 5) is 9.12. The molecule has 3 nitrogen and oxygen atoms in total. The highest BCUT2D eigenvalue weighted by Crippen LogP contribution is 2.40. The Morgan fingerprint density at radius 1 is 1.30 bits per heavy atom. The highest BCUT2D eigenvalue weighted by Gasteiger charge is 2.28. The molecule has 1 aromatic carbocycles. The molecular formula is C16H17ClN2O. The summed E-state index contributed by atoms with van der Waals surface area (Å²) < 4.78 is 5.55. The summed E-state index contributed by atoms with van der Waals surface area (Å²) in [6.45, 7) is 4.59. The van der Waals surface area contributed by atoms with Gasteiger partial charge in [0.05, 0.1) is 12.3 Å². The van der Waals surface area contributed by atoms with E-state index in [2.05, 4.69) is 4.98 Å². The van der Waals surface area contributed by atoms with Crippen molar-refractivity contribution in [3.05, 3.63) is 40.8 Å². The molecule has 0 atom stereocenters. The molecule has 1 aliphatic carbocycles. The summed E-state index contributed by atoms with van der Waals surface area (Å²) in [5.74, 6) is 2.21. The average molecular weight is 289 g/mol. The third-order valence-corrected chi connectivity index (χ3v) is 3.83. The number of benzene rings is 1. The lowest BCUT2D eigenvalue weighted by atomic mass is 10.1. The minimum atomic E-state index is 0.488. The summed E-state index contributed by atoms with van der Waals surface area (Å²) in [5.41, 5.74) is 2.86. The number of aromatic nitrogens is 2. The van der Waals surface area contributed by atoms with Crippen molar-refractivity contribution in [1.29, 1.82) is 0 Å². The molecule has 104 valence electrons. The smallest absolute Gasteiger partial charge is 0.136 e. The Hall–Kier alpha value is -1.61. The first-order valence-electron chi connectivity index (χ1n) is 6.96. The fourth-order valence-electron chi connectivity index (χ4n) is 2.21. The number of nitrogens with zero attached hydrogens (tertiary/aromatic N) is 2. The molecule has 0 N–H and O–H groups in total. The normalized spacial score (nSPS) is 14.3. The van der Waals surface area contributed by atoms with Gasteiger partial charge in [0, 0.05) is 17.0 Å². The molecule has 0 saturated heterocycles. The van der Waals surface area contributed by atoms with Gasteiger partial charge in [0.25, 0.3) is 0 Å². The molecule has 1 fully saturated rings. The van der Waals surface area contributed by atoms with Crippen molar-refractivity contribution >= 4 is 11.6 Å². The van der Waals surface area contributed by atoms with Crippen LogP contribution >= 0.6 is 11.6 Å². The molecule has 1 aromatic heterocycles. The predicted molar refractivity (Wildman–Crippen MR) is 80.4 cm³/mol. The van der Waals surface area contributed by atoms with Crippen molar-refractivity contribution < 1.29 is 4.74 Å². The molecule has 3 rings (SSSR count). The van der Waals surface area contributed by atoms with E-state index in [0.29, 0.717) is 17.7 Å². The van der Waals surface area contributed by atoms with Crippen molar-refractivity contribution in [2.24, 2.45) is 0 Å². The van der Waals surface area contributed by atoms with Crippen LogP contribution in [0.4, 0.5) is 0 Å². The molecule has 20 heavy (non-hydrogen) atoms. The van der Waals surface area contributed by atoms with Crippen LogP contribution in [0.15, 0.2) is 24.3 Å². The fraction of sp³-hybridized carbons (Fsp3) is 0.375. The standard InChI is InChI=1S/C16H17ClN2O/c1-3-20-13-6-4-5-12(9-13)14-10(2)15(17)19-16(18-14)11-7-8-11/h4-6,9,11H,3,7-8H2,1-2H3. The SMILES string of the molecule is CCOc1cccc(-c2nc(C3CC3)nc(Cl)c2C)c1. The van der Waals surface area contributed by atoms with E-state index in [0.717, 1.165) is 41.2 Å². The van der Waals surface area contributed by atoms with Gasteiger partial charge in [-0.2, -0.15) is 0 Å². The summed E-state index contributed by atoms with van der Waals surface area (Å²) in [7, 11) is 0. The van der Waals surface area contributed by atoms with Crippen LogP contribution in [0.25, 0.3) is 11.3 Å². The number of halogens is 1. The zero-order valence-corrected chi connectivity index (χ0v) is 12.4. The number of rotatable bonds is 4. The monoisotopic (exact) mass is 288 g/mol. The first kappa shape index (κ1) is 13.4. The molecule has 0 aliphatic heterocycles. The second kappa shape index (κ2) is 5.41. The molecule has 0 amide bonds. The highest BCUT2D eigenvalue weighted by atomic mass is 35.5. The van der Waals surface area contributed by atoms with Gasteiger partial charge in [-0.15, -0.1) is 0 Å². The molecule has 0 spiro atoms. The van der Waals surface area contributed by atoms with E-state index in [1.54, 1.807) is 0 Å². The van der Waals surface area contributed by atoms with E-state index in [9.17, 15) is 0 Å². The second-order valence-corrected chi connectivity index (χ2v) is 5.44. The number of ether oxygens (including phenoxy) is 1. The molecule has 2 aromatic rings. The van der Waals surface area contributed by atoms with Crippen LogP contribution < -0.4 is 4.74 Å². The van der Waals surface area contributed by atoms with E-state index in [1.807, 2.05) is 38.1 Å². The van der Waals surface area contributed by atoms with E-state index >= 15 is 0 Å². The maximum Gasteiger partial charge on any atom is 0.136 e. The van der Waals surface area contributed by atoms with Crippen molar-refractivity contribution in [3.63, 3.8) is 0 Å². The summed E-state index contributed by atoms with van der Waals surface area (Å²) in [6, 6.07) is 7.97. The molecule has 0 radical (unpaired) electrons. The van der Waals surface area contributed by atoms with Crippen LogP contribution in [0.5, 0.6) is 5.75 Å². The average Bonchev–Trinajstić information content (AvgIpc) is 3.27. The minimum absolute atomic E-state index is 0.488. The maximum atomic E-state index is 6.26. The van der Waals surface area contributed by atoms with Gasteiger partial charge in [0.2, 0.25) is 0 Å². The second-order valence-electron chi connectivity index (χ2n) is 5.08. The van der Waals surface area contributed by atoms with Crippen LogP contribution in [0.2, 0.25) is 5.15 Å². The van der Waals surface area contributed by atoms with E-state index in [1.165, 1.54) is 0 Å². The van der Waals surface area contributed by atoms with Crippen molar-refractivity contribution in [2.75, 3.05) is 6.61 Å². The maximum absolute atomic E-state index is 6.26. The van der Waals surface area contributed by atoms with Crippen molar-refractivity contribution in [1.82, 2.24) is 9.97 Å². The van der Waals surface area contributed by atoms with E-state index < -0.39 is 0 Å². The quantitative estimate of drug-likeness (QED) is 0.783. The van der Waals surface area contributed by atoms with Crippen LogP contribution in [-0.2, 0) is 0 Å². The Morgan fingerprint density at radius 3 is 2.80 bits per heavy atom. The largest absolute Gasteiger partial charge is 0.494 e. The van der Waals surface area contributed by atoms with Gasteiger partial charge in [-0.05, 0) is 38.8 Å². The summed E-state index contributed by atoms with van der Waals surface area (Å²) >= 11 is 6.26. The van der Waals surface area contributed by atoms with Gasteiger partial charge in [-0.3, -0.25) is 0 Å². The van der Waals surface area contributed by atoms with Crippen LogP contribution in [0.3, 0.4) is 0 Å². The molecule has 0 bridgehead atoms. The molecule has 1 aliphatic rings. The van der Waals surface area contributed by atoms with Crippen LogP contribution in [-0.4, -0.2) is 16.6 Å². The molecule has 4 heteroatoms. The lowest BCUT2D eigenvalue weighted by molar-refractivity contribution is 0.340. The first-order chi connectivity index (χ1) is 9.69.